The van der Waals surface area contributed by atoms with Gasteiger partial charge in [0.05, 0.1) is 16.8 Å². The summed E-state index contributed by atoms with van der Waals surface area (Å²) in [5.74, 6) is 0.993. The first-order valence-corrected chi connectivity index (χ1v) is 10.7. The van der Waals surface area contributed by atoms with Crippen LogP contribution in [0.3, 0.4) is 0 Å². The molecule has 0 aliphatic carbocycles. The molecule has 2 aromatic carbocycles. The van der Waals surface area contributed by atoms with Crippen molar-refractivity contribution in [3.63, 3.8) is 0 Å². The number of phenols is 1. The molecule has 1 unspecified atom stereocenters. The van der Waals surface area contributed by atoms with Gasteiger partial charge in [-0.1, -0.05) is 29.8 Å². The van der Waals surface area contributed by atoms with Crippen LogP contribution in [0.15, 0.2) is 53.8 Å². The van der Waals surface area contributed by atoms with Crippen LogP contribution in [0.25, 0.3) is 0 Å². The third-order valence-corrected chi connectivity index (χ3v) is 5.81. The zero-order valence-corrected chi connectivity index (χ0v) is 18.1. The van der Waals surface area contributed by atoms with E-state index in [2.05, 4.69) is 10.2 Å². The van der Waals surface area contributed by atoms with Crippen molar-refractivity contribution in [1.29, 1.82) is 0 Å². The Kier molecular flexibility index (Phi) is 5.22. The topological polar surface area (TPSA) is 89.2 Å². The highest BCUT2D eigenvalue weighted by Crippen LogP contribution is 2.39. The number of para-hydroxylation sites is 1. The molecule has 2 aliphatic heterocycles. The number of halogens is 1. The second kappa shape index (κ2) is 8.20. The van der Waals surface area contributed by atoms with Gasteiger partial charge in [0.2, 0.25) is 0 Å². The average Bonchev–Trinajstić information content (AvgIpc) is 3.42. The highest BCUT2D eigenvalue weighted by molar-refractivity contribution is 6.33. The van der Waals surface area contributed by atoms with Crippen LogP contribution in [0.5, 0.6) is 17.2 Å². The van der Waals surface area contributed by atoms with Crippen molar-refractivity contribution < 1.29 is 19.4 Å². The van der Waals surface area contributed by atoms with Gasteiger partial charge in [0.15, 0.2) is 17.2 Å². The molecular weight excluding hydrogens is 432 g/mol. The number of ether oxygens (including phenoxy) is 2. The molecule has 0 saturated heterocycles. The van der Waals surface area contributed by atoms with Gasteiger partial charge >= 0.3 is 0 Å². The number of carbonyl (C=O) groups is 1. The molecule has 1 aromatic heterocycles. The molecule has 1 atom stereocenters. The maximum Gasteiger partial charge on any atom is 0.296 e. The number of aromatic nitrogens is 2. The van der Waals surface area contributed by atoms with Crippen molar-refractivity contribution in [3.8, 4) is 17.2 Å². The number of aromatic hydroxyl groups is 1. The van der Waals surface area contributed by atoms with Crippen LogP contribution in [0.4, 0.5) is 0 Å². The van der Waals surface area contributed by atoms with Crippen LogP contribution >= 0.6 is 11.6 Å². The molecule has 1 N–H and O–H groups in total. The number of nitrogens with zero attached hydrogens (tertiary/aromatic N) is 4. The number of hydrazone groups is 1. The number of hydrogen-bond donors (Lipinski definition) is 1. The molecular formula is C23H21ClN4O4. The van der Waals surface area contributed by atoms with E-state index in [-0.39, 0.29) is 16.5 Å². The predicted molar refractivity (Wildman–Crippen MR) is 119 cm³/mol. The lowest BCUT2D eigenvalue weighted by Gasteiger charge is -2.22. The van der Waals surface area contributed by atoms with E-state index in [1.54, 1.807) is 29.1 Å². The first-order chi connectivity index (χ1) is 15.5. The highest BCUT2D eigenvalue weighted by atomic mass is 35.5. The average molecular weight is 453 g/mol. The number of benzene rings is 2. The number of carbonyl (C=O) groups excluding carboxylic acids is 1. The van der Waals surface area contributed by atoms with Gasteiger partial charge in [0, 0.05) is 30.3 Å². The van der Waals surface area contributed by atoms with Gasteiger partial charge in [-0.05, 0) is 31.2 Å². The lowest BCUT2D eigenvalue weighted by atomic mass is 9.97. The van der Waals surface area contributed by atoms with Gasteiger partial charge in [-0.25, -0.2) is 5.01 Å². The summed E-state index contributed by atoms with van der Waals surface area (Å²) in [7, 11) is 0. The molecule has 3 heterocycles. The monoisotopic (exact) mass is 452 g/mol. The van der Waals surface area contributed by atoms with Crippen LogP contribution < -0.4 is 9.47 Å². The number of fused-ring (bicyclic) bond motifs is 1. The molecule has 3 aromatic rings. The van der Waals surface area contributed by atoms with Gasteiger partial charge in [0.1, 0.15) is 19.0 Å². The van der Waals surface area contributed by atoms with E-state index in [4.69, 9.17) is 21.1 Å². The number of hydrogen-bond acceptors (Lipinski definition) is 6. The van der Waals surface area contributed by atoms with E-state index >= 15 is 0 Å². The van der Waals surface area contributed by atoms with Crippen molar-refractivity contribution in [2.45, 2.75) is 25.9 Å². The zero-order valence-electron chi connectivity index (χ0n) is 17.4. The summed E-state index contributed by atoms with van der Waals surface area (Å²) in [5.41, 5.74) is 2.23. The minimum atomic E-state index is -0.505. The van der Waals surface area contributed by atoms with E-state index in [0.717, 1.165) is 5.56 Å². The maximum absolute atomic E-state index is 13.4. The molecule has 5 rings (SSSR count). The summed E-state index contributed by atoms with van der Waals surface area (Å²) in [5, 5.41) is 21.0. The third kappa shape index (κ3) is 3.56. The molecule has 0 radical (unpaired) electrons. The summed E-state index contributed by atoms with van der Waals surface area (Å²) < 4.78 is 12.9. The van der Waals surface area contributed by atoms with Crippen molar-refractivity contribution in [3.05, 3.63) is 70.5 Å². The van der Waals surface area contributed by atoms with E-state index in [9.17, 15) is 9.90 Å². The molecule has 1 amide bonds. The third-order valence-electron chi connectivity index (χ3n) is 5.53. The SMILES string of the molecule is CCn1cc(Cl)c(C(=O)N2N=C(c3ccc4c(c3)OCCO4)CC2c2ccccc2O)n1. The summed E-state index contributed by atoms with van der Waals surface area (Å²) >= 11 is 6.30. The number of aryl methyl sites for hydroxylation is 1. The van der Waals surface area contributed by atoms with Crippen LogP contribution in [-0.4, -0.2) is 44.7 Å². The van der Waals surface area contributed by atoms with Gasteiger partial charge in [-0.3, -0.25) is 9.48 Å². The Morgan fingerprint density at radius 2 is 1.97 bits per heavy atom. The molecule has 0 saturated carbocycles. The van der Waals surface area contributed by atoms with Gasteiger partial charge in [0.25, 0.3) is 5.91 Å². The van der Waals surface area contributed by atoms with Gasteiger partial charge < -0.3 is 14.6 Å². The fourth-order valence-corrected chi connectivity index (χ4v) is 4.15. The molecule has 32 heavy (non-hydrogen) atoms. The van der Waals surface area contributed by atoms with Crippen molar-refractivity contribution in [2.75, 3.05) is 13.2 Å². The lowest BCUT2D eigenvalue weighted by molar-refractivity contribution is 0.0703. The quantitative estimate of drug-likeness (QED) is 0.645. The molecule has 0 fully saturated rings. The van der Waals surface area contributed by atoms with E-state index < -0.39 is 11.9 Å². The largest absolute Gasteiger partial charge is 0.508 e. The second-order valence-electron chi connectivity index (χ2n) is 7.51. The minimum absolute atomic E-state index is 0.0964. The Hall–Kier alpha value is -3.52. The fraction of sp³-hybridized carbons (Fsp3) is 0.261. The Morgan fingerprint density at radius 1 is 1.19 bits per heavy atom. The summed E-state index contributed by atoms with van der Waals surface area (Å²) in [4.78, 5) is 13.4. The van der Waals surface area contributed by atoms with Crippen LogP contribution in [0.2, 0.25) is 5.02 Å². The smallest absolute Gasteiger partial charge is 0.296 e. The fourth-order valence-electron chi connectivity index (χ4n) is 3.92. The maximum atomic E-state index is 13.4. The second-order valence-corrected chi connectivity index (χ2v) is 7.92. The number of phenolic OH excluding ortho intramolecular Hbond substituents is 1. The molecule has 8 nitrogen and oxygen atoms in total. The van der Waals surface area contributed by atoms with Crippen molar-refractivity contribution in [1.82, 2.24) is 14.8 Å². The predicted octanol–water partition coefficient (Wildman–Crippen LogP) is 4.02. The Morgan fingerprint density at radius 3 is 2.72 bits per heavy atom. The normalized spacial score (nSPS) is 17.4. The van der Waals surface area contributed by atoms with Crippen molar-refractivity contribution >= 4 is 23.2 Å². The van der Waals surface area contributed by atoms with Crippen LogP contribution in [0.1, 0.15) is 41.0 Å². The van der Waals surface area contributed by atoms with Crippen molar-refractivity contribution in [2.24, 2.45) is 5.10 Å². The summed E-state index contributed by atoms with van der Waals surface area (Å²) in [6.07, 6.45) is 2.03. The van der Waals surface area contributed by atoms with Crippen LogP contribution in [0, 0.1) is 0 Å². The number of amides is 1. The standard InChI is InChI=1S/C23H21ClN4O4/c1-2-27-13-16(24)22(26-27)23(30)28-18(15-5-3-4-6-19(15)29)12-17(25-28)14-7-8-20-21(11-14)32-10-9-31-20/h3-8,11,13,18,29H,2,9-10,12H2,1H3. The first-order valence-electron chi connectivity index (χ1n) is 10.4. The Labute approximate surface area is 189 Å². The number of rotatable bonds is 4. The molecule has 0 spiro atoms. The summed E-state index contributed by atoms with van der Waals surface area (Å²) in [6.45, 7) is 3.49. The van der Waals surface area contributed by atoms with Gasteiger partial charge in [-0.15, -0.1) is 0 Å². The highest BCUT2D eigenvalue weighted by Gasteiger charge is 2.37. The van der Waals surface area contributed by atoms with E-state index in [1.807, 2.05) is 31.2 Å². The minimum Gasteiger partial charge on any atom is -0.508 e. The molecule has 164 valence electrons. The van der Waals surface area contributed by atoms with E-state index in [1.165, 1.54) is 5.01 Å². The lowest BCUT2D eigenvalue weighted by Crippen LogP contribution is -2.28. The van der Waals surface area contributed by atoms with Crippen LogP contribution in [-0.2, 0) is 6.54 Å². The van der Waals surface area contributed by atoms with Gasteiger partial charge in [-0.2, -0.15) is 10.2 Å². The zero-order chi connectivity index (χ0) is 22.2. The Bertz CT molecular complexity index is 1220. The Balaban J connectivity index is 1.55. The van der Waals surface area contributed by atoms with E-state index in [0.29, 0.717) is 49.0 Å². The first kappa shape index (κ1) is 20.4. The molecule has 9 heteroatoms. The summed E-state index contributed by atoms with van der Waals surface area (Å²) in [6, 6.07) is 12.0. The molecule has 2 aliphatic rings. The molecule has 0 bridgehead atoms.